The number of phenols is 1. The fourth-order valence-electron chi connectivity index (χ4n) is 2.76. The Morgan fingerprint density at radius 2 is 1.88 bits per heavy atom. The highest BCUT2D eigenvalue weighted by Crippen LogP contribution is 2.28. The van der Waals surface area contributed by atoms with Gasteiger partial charge in [0.25, 0.3) is 5.91 Å². The Bertz CT molecular complexity index is 885. The summed E-state index contributed by atoms with van der Waals surface area (Å²) in [7, 11) is 0. The zero-order valence-corrected chi connectivity index (χ0v) is 15.4. The van der Waals surface area contributed by atoms with Crippen LogP contribution in [0.25, 0.3) is 6.08 Å². The first-order valence-electron chi connectivity index (χ1n) is 8.32. The third kappa shape index (κ3) is 4.42. The minimum absolute atomic E-state index is 0.0119. The maximum atomic E-state index is 12.5. The number of hydrogen-bond donors (Lipinski definition) is 2. The van der Waals surface area contributed by atoms with Crippen molar-refractivity contribution in [2.45, 2.75) is 27.7 Å². The van der Waals surface area contributed by atoms with Crippen LogP contribution in [-0.4, -0.2) is 17.6 Å². The van der Waals surface area contributed by atoms with Crippen molar-refractivity contribution >= 4 is 17.7 Å². The average Bonchev–Trinajstić information content (AvgIpc) is 2.58. The molecule has 0 saturated carbocycles. The lowest BCUT2D eigenvalue weighted by Gasteiger charge is -2.12. The van der Waals surface area contributed by atoms with Crippen molar-refractivity contribution in [3.63, 3.8) is 0 Å². The summed E-state index contributed by atoms with van der Waals surface area (Å²) in [6, 6.07) is 10.6. The molecule has 134 valence electrons. The molecule has 2 aromatic carbocycles. The molecule has 2 N–H and O–H groups in total. The number of hydrogen-bond acceptors (Lipinski definition) is 4. The van der Waals surface area contributed by atoms with Crippen molar-refractivity contribution in [2.24, 2.45) is 0 Å². The summed E-state index contributed by atoms with van der Waals surface area (Å²) >= 11 is 0. The second kappa shape index (κ2) is 8.21. The second-order valence-corrected chi connectivity index (χ2v) is 6.06. The highest BCUT2D eigenvalue weighted by molar-refractivity contribution is 6.10. The van der Waals surface area contributed by atoms with E-state index in [4.69, 9.17) is 4.74 Å². The molecule has 2 rings (SSSR count). The third-order valence-corrected chi connectivity index (χ3v) is 3.88. The van der Waals surface area contributed by atoms with Gasteiger partial charge in [-0.1, -0.05) is 23.8 Å². The minimum Gasteiger partial charge on any atom is -0.504 e. The molecule has 0 heterocycles. The van der Waals surface area contributed by atoms with E-state index < -0.39 is 5.91 Å². The normalized spacial score (nSPS) is 11.0. The minimum atomic E-state index is -0.478. The first-order valence-corrected chi connectivity index (χ1v) is 8.32. The van der Waals surface area contributed by atoms with Crippen LogP contribution in [0.3, 0.4) is 0 Å². The molecule has 0 aromatic heterocycles. The lowest BCUT2D eigenvalue weighted by atomic mass is 10.0. The van der Waals surface area contributed by atoms with Crippen molar-refractivity contribution in [3.8, 4) is 17.6 Å². The molecule has 0 atom stereocenters. The molecule has 0 unspecified atom stereocenters. The van der Waals surface area contributed by atoms with Crippen molar-refractivity contribution in [3.05, 3.63) is 58.2 Å². The first kappa shape index (κ1) is 19.1. The van der Waals surface area contributed by atoms with E-state index in [-0.39, 0.29) is 11.3 Å². The summed E-state index contributed by atoms with van der Waals surface area (Å²) in [5, 5.41) is 22.0. The Balaban J connectivity index is 2.31. The van der Waals surface area contributed by atoms with Gasteiger partial charge in [0.2, 0.25) is 0 Å². The van der Waals surface area contributed by atoms with Crippen LogP contribution in [-0.2, 0) is 4.79 Å². The van der Waals surface area contributed by atoms with Gasteiger partial charge >= 0.3 is 0 Å². The summed E-state index contributed by atoms with van der Waals surface area (Å²) in [5.74, 6) is -0.157. The highest BCUT2D eigenvalue weighted by Gasteiger charge is 2.13. The van der Waals surface area contributed by atoms with Crippen LogP contribution in [0, 0.1) is 32.1 Å². The molecule has 5 heteroatoms. The topological polar surface area (TPSA) is 82.3 Å². The SMILES string of the molecule is CCOc1cc(C=C(C#N)C(=O)Nc2c(C)cc(C)cc2C)ccc1O. The zero-order chi connectivity index (χ0) is 19.3. The van der Waals surface area contributed by atoms with Gasteiger partial charge in [-0.05, 0) is 62.6 Å². The number of aryl methyl sites for hydroxylation is 3. The summed E-state index contributed by atoms with van der Waals surface area (Å²) in [4.78, 5) is 12.5. The first-order chi connectivity index (χ1) is 12.3. The van der Waals surface area contributed by atoms with Crippen LogP contribution < -0.4 is 10.1 Å². The molecular formula is C21H22N2O3. The number of carbonyl (C=O) groups is 1. The number of anilines is 1. The zero-order valence-electron chi connectivity index (χ0n) is 15.4. The van der Waals surface area contributed by atoms with E-state index in [2.05, 4.69) is 5.32 Å². The Morgan fingerprint density at radius 3 is 2.46 bits per heavy atom. The van der Waals surface area contributed by atoms with E-state index in [1.54, 1.807) is 12.1 Å². The number of ether oxygens (including phenoxy) is 1. The lowest BCUT2D eigenvalue weighted by Crippen LogP contribution is -2.15. The van der Waals surface area contributed by atoms with Gasteiger partial charge in [-0.2, -0.15) is 5.26 Å². The molecule has 1 amide bonds. The number of nitrogens with zero attached hydrogens (tertiary/aromatic N) is 1. The van der Waals surface area contributed by atoms with Gasteiger partial charge in [0, 0.05) is 5.69 Å². The molecule has 0 bridgehead atoms. The molecule has 0 radical (unpaired) electrons. The Labute approximate surface area is 153 Å². The highest BCUT2D eigenvalue weighted by atomic mass is 16.5. The number of aromatic hydroxyl groups is 1. The van der Waals surface area contributed by atoms with Crippen LogP contribution in [0.4, 0.5) is 5.69 Å². The molecule has 0 aliphatic carbocycles. The Morgan fingerprint density at radius 1 is 1.23 bits per heavy atom. The average molecular weight is 350 g/mol. The standard InChI is InChI=1S/C21H22N2O3/c1-5-26-19-11-16(6-7-18(19)24)10-17(12-22)21(25)23-20-14(3)8-13(2)9-15(20)4/h6-11,24H,5H2,1-4H3,(H,23,25). The van der Waals surface area contributed by atoms with Crippen LogP contribution in [0.15, 0.2) is 35.9 Å². The van der Waals surface area contributed by atoms with Crippen molar-refractivity contribution in [1.29, 1.82) is 5.26 Å². The number of phenolic OH excluding ortho intramolecular Hbond substituents is 1. The van der Waals surface area contributed by atoms with Crippen LogP contribution in [0.5, 0.6) is 11.5 Å². The predicted molar refractivity (Wildman–Crippen MR) is 102 cm³/mol. The van der Waals surface area contributed by atoms with Gasteiger partial charge in [-0.25, -0.2) is 0 Å². The van der Waals surface area contributed by atoms with Gasteiger partial charge in [0.15, 0.2) is 11.5 Å². The van der Waals surface area contributed by atoms with Crippen LogP contribution in [0.1, 0.15) is 29.2 Å². The maximum Gasteiger partial charge on any atom is 0.266 e. The van der Waals surface area contributed by atoms with E-state index >= 15 is 0 Å². The fourth-order valence-corrected chi connectivity index (χ4v) is 2.76. The van der Waals surface area contributed by atoms with E-state index in [1.807, 2.05) is 45.9 Å². The summed E-state index contributed by atoms with van der Waals surface area (Å²) in [6.45, 7) is 8.03. The van der Waals surface area contributed by atoms with Gasteiger partial charge in [-0.15, -0.1) is 0 Å². The third-order valence-electron chi connectivity index (χ3n) is 3.88. The van der Waals surface area contributed by atoms with Crippen molar-refractivity contribution < 1.29 is 14.6 Å². The van der Waals surface area contributed by atoms with E-state index in [1.165, 1.54) is 12.1 Å². The molecule has 0 fully saturated rings. The van der Waals surface area contributed by atoms with Crippen LogP contribution >= 0.6 is 0 Å². The molecule has 0 spiro atoms. The number of benzene rings is 2. The van der Waals surface area contributed by atoms with E-state index in [0.29, 0.717) is 23.6 Å². The van der Waals surface area contributed by atoms with Crippen LogP contribution in [0.2, 0.25) is 0 Å². The molecule has 5 nitrogen and oxygen atoms in total. The van der Waals surface area contributed by atoms with E-state index in [0.717, 1.165) is 16.7 Å². The molecular weight excluding hydrogens is 328 g/mol. The number of nitrogens with one attached hydrogen (secondary N) is 1. The van der Waals surface area contributed by atoms with Crippen molar-refractivity contribution in [1.82, 2.24) is 0 Å². The monoisotopic (exact) mass is 350 g/mol. The fraction of sp³-hybridized carbons (Fsp3) is 0.238. The summed E-state index contributed by atoms with van der Waals surface area (Å²) in [6.07, 6.45) is 1.47. The quantitative estimate of drug-likeness (QED) is 0.623. The molecule has 0 saturated heterocycles. The summed E-state index contributed by atoms with van der Waals surface area (Å²) < 4.78 is 5.33. The second-order valence-electron chi connectivity index (χ2n) is 6.06. The molecule has 0 aliphatic rings. The van der Waals surface area contributed by atoms with Crippen molar-refractivity contribution in [2.75, 3.05) is 11.9 Å². The number of amides is 1. The summed E-state index contributed by atoms with van der Waals surface area (Å²) in [5.41, 5.74) is 4.27. The largest absolute Gasteiger partial charge is 0.504 e. The Kier molecular flexibility index (Phi) is 6.03. The van der Waals surface area contributed by atoms with Gasteiger partial charge < -0.3 is 15.2 Å². The maximum absolute atomic E-state index is 12.5. The van der Waals surface area contributed by atoms with Gasteiger partial charge in [0.05, 0.1) is 6.61 Å². The van der Waals surface area contributed by atoms with Gasteiger partial charge in [-0.3, -0.25) is 4.79 Å². The van der Waals surface area contributed by atoms with Gasteiger partial charge in [0.1, 0.15) is 11.6 Å². The molecule has 0 aliphatic heterocycles. The smallest absolute Gasteiger partial charge is 0.266 e. The molecule has 26 heavy (non-hydrogen) atoms. The lowest BCUT2D eigenvalue weighted by molar-refractivity contribution is -0.112. The number of nitriles is 1. The number of rotatable bonds is 5. The predicted octanol–water partition coefficient (Wildman–Crippen LogP) is 4.26. The Hall–Kier alpha value is -3.26. The van der Waals surface area contributed by atoms with E-state index in [9.17, 15) is 15.2 Å². The molecule has 2 aromatic rings. The number of carbonyl (C=O) groups excluding carboxylic acids is 1.